The first-order valence-electron chi connectivity index (χ1n) is 7.14. The third-order valence-corrected chi connectivity index (χ3v) is 5.63. The van der Waals surface area contributed by atoms with Crippen molar-refractivity contribution in [3.63, 3.8) is 0 Å². The fourth-order valence-corrected chi connectivity index (χ4v) is 4.05. The van der Waals surface area contributed by atoms with Crippen LogP contribution in [0, 0.1) is 17.8 Å². The molecule has 1 saturated carbocycles. The lowest BCUT2D eigenvalue weighted by Crippen LogP contribution is -2.28. The maximum Gasteiger partial charge on any atom is 0.337 e. The Morgan fingerprint density at radius 3 is 2.63 bits per heavy atom. The second-order valence-corrected chi connectivity index (χ2v) is 6.67. The Kier molecular flexibility index (Phi) is 4.77. The van der Waals surface area contributed by atoms with Gasteiger partial charge in [-0.25, -0.2) is 4.79 Å². The molecule has 0 amide bonds. The van der Waals surface area contributed by atoms with E-state index in [9.17, 15) is 4.79 Å². The maximum atomic E-state index is 11.9. The molecule has 2 aliphatic carbocycles. The lowest BCUT2D eigenvalue weighted by atomic mass is 9.77. The van der Waals surface area contributed by atoms with E-state index in [-0.39, 0.29) is 5.97 Å². The minimum atomic E-state index is -0.191. The fraction of sp³-hybridized carbons (Fsp3) is 0.688. The van der Waals surface area contributed by atoms with Gasteiger partial charge in [0, 0.05) is 5.25 Å². The van der Waals surface area contributed by atoms with E-state index in [1.807, 2.05) is 18.7 Å². The van der Waals surface area contributed by atoms with Gasteiger partial charge in [-0.05, 0) is 55.8 Å². The van der Waals surface area contributed by atoms with Crippen LogP contribution < -0.4 is 0 Å². The molecule has 0 aromatic rings. The van der Waals surface area contributed by atoms with Gasteiger partial charge in [-0.2, -0.15) is 11.8 Å². The van der Waals surface area contributed by atoms with Crippen molar-refractivity contribution in [3.8, 4) is 0 Å². The van der Waals surface area contributed by atoms with Gasteiger partial charge in [0.25, 0.3) is 0 Å². The predicted molar refractivity (Wildman–Crippen MR) is 81.2 cm³/mol. The van der Waals surface area contributed by atoms with Gasteiger partial charge in [-0.15, -0.1) is 0 Å². The van der Waals surface area contributed by atoms with Crippen molar-refractivity contribution in [2.45, 2.75) is 38.4 Å². The highest BCUT2D eigenvalue weighted by molar-refractivity contribution is 7.99. The molecule has 2 rings (SSSR count). The first-order chi connectivity index (χ1) is 9.12. The van der Waals surface area contributed by atoms with Crippen molar-refractivity contribution >= 4 is 17.7 Å². The summed E-state index contributed by atoms with van der Waals surface area (Å²) >= 11 is 1.92. The Morgan fingerprint density at radius 2 is 2.16 bits per heavy atom. The van der Waals surface area contributed by atoms with Crippen LogP contribution in [-0.4, -0.2) is 24.6 Å². The van der Waals surface area contributed by atoms with Gasteiger partial charge in [0.2, 0.25) is 0 Å². The molecular weight excluding hydrogens is 256 g/mol. The van der Waals surface area contributed by atoms with E-state index in [1.165, 1.54) is 20.0 Å². The van der Waals surface area contributed by atoms with E-state index in [4.69, 9.17) is 4.74 Å². The Bertz CT molecular complexity index is 403. The molecule has 1 fully saturated rings. The van der Waals surface area contributed by atoms with Gasteiger partial charge >= 0.3 is 5.97 Å². The van der Waals surface area contributed by atoms with Crippen LogP contribution in [0.15, 0.2) is 23.3 Å². The summed E-state index contributed by atoms with van der Waals surface area (Å²) in [6.45, 7) is 4.27. The van der Waals surface area contributed by atoms with Crippen LogP contribution in [0.1, 0.15) is 33.1 Å². The normalized spacial score (nSPS) is 28.4. The molecule has 19 heavy (non-hydrogen) atoms. The summed E-state index contributed by atoms with van der Waals surface area (Å²) in [5.41, 5.74) is 1.87. The Balaban J connectivity index is 2.29. The topological polar surface area (TPSA) is 26.3 Å². The van der Waals surface area contributed by atoms with Crippen molar-refractivity contribution in [3.05, 3.63) is 23.3 Å². The number of methoxy groups -OCH3 is 1. The van der Waals surface area contributed by atoms with Gasteiger partial charge in [-0.3, -0.25) is 0 Å². The largest absolute Gasteiger partial charge is 0.465 e. The molecule has 0 aromatic carbocycles. The highest BCUT2D eigenvalue weighted by atomic mass is 32.2. The highest BCUT2D eigenvalue weighted by Gasteiger charge is 2.39. The van der Waals surface area contributed by atoms with Gasteiger partial charge in [0.1, 0.15) is 0 Å². The number of hydrogen-bond acceptors (Lipinski definition) is 3. The van der Waals surface area contributed by atoms with E-state index in [2.05, 4.69) is 25.3 Å². The molecule has 0 heterocycles. The molecule has 0 aliphatic heterocycles. The summed E-state index contributed by atoms with van der Waals surface area (Å²) in [6.07, 6.45) is 10.5. The van der Waals surface area contributed by atoms with Crippen LogP contribution in [0.5, 0.6) is 0 Å². The Morgan fingerprint density at radius 1 is 1.47 bits per heavy atom. The van der Waals surface area contributed by atoms with Crippen LogP contribution in [-0.2, 0) is 9.53 Å². The van der Waals surface area contributed by atoms with Crippen LogP contribution in [0.2, 0.25) is 0 Å². The number of carbonyl (C=O) groups excluding carboxylic acids is 1. The highest BCUT2D eigenvalue weighted by Crippen LogP contribution is 2.47. The summed E-state index contributed by atoms with van der Waals surface area (Å²) in [4.78, 5) is 11.9. The number of rotatable bonds is 5. The van der Waals surface area contributed by atoms with Crippen molar-refractivity contribution in [2.24, 2.45) is 17.8 Å². The second kappa shape index (κ2) is 6.17. The molecule has 3 unspecified atom stereocenters. The van der Waals surface area contributed by atoms with Crippen LogP contribution in [0.25, 0.3) is 0 Å². The van der Waals surface area contributed by atoms with Crippen LogP contribution in [0.4, 0.5) is 0 Å². The lowest BCUT2D eigenvalue weighted by molar-refractivity contribution is -0.135. The van der Waals surface area contributed by atoms with Crippen molar-refractivity contribution < 1.29 is 9.53 Å². The third-order valence-electron chi connectivity index (χ3n) is 4.38. The molecule has 0 aromatic heterocycles. The SMILES string of the molecule is CCC(SC)C1C=C(C(=O)OC)C(C)=CC1C1CC1. The molecule has 0 radical (unpaired) electrons. The third kappa shape index (κ3) is 3.07. The summed E-state index contributed by atoms with van der Waals surface area (Å²) in [5.74, 6) is 1.73. The number of ether oxygens (including phenoxy) is 1. The number of carbonyl (C=O) groups is 1. The lowest BCUT2D eigenvalue weighted by Gasteiger charge is -2.33. The fourth-order valence-electron chi connectivity index (χ4n) is 3.15. The molecule has 3 heteroatoms. The zero-order valence-electron chi connectivity index (χ0n) is 12.3. The van der Waals surface area contributed by atoms with Gasteiger partial charge < -0.3 is 4.74 Å². The van der Waals surface area contributed by atoms with Crippen molar-refractivity contribution in [1.82, 2.24) is 0 Å². The van der Waals surface area contributed by atoms with E-state index in [0.717, 1.165) is 23.5 Å². The van der Waals surface area contributed by atoms with Crippen LogP contribution >= 0.6 is 11.8 Å². The van der Waals surface area contributed by atoms with E-state index in [1.54, 1.807) is 0 Å². The molecule has 0 bridgehead atoms. The quantitative estimate of drug-likeness (QED) is 0.716. The van der Waals surface area contributed by atoms with E-state index < -0.39 is 0 Å². The average Bonchev–Trinajstić information content (AvgIpc) is 3.24. The standard InChI is InChI=1S/C16H24O2S/c1-5-15(19-4)14-9-12(16(17)18-3)10(2)8-13(14)11-6-7-11/h8-9,11,13-15H,5-7H2,1-4H3. The number of hydrogen-bond donors (Lipinski definition) is 0. The number of thioether (sulfide) groups is 1. The zero-order valence-corrected chi connectivity index (χ0v) is 13.1. The molecule has 2 aliphatic rings. The van der Waals surface area contributed by atoms with E-state index in [0.29, 0.717) is 17.1 Å². The van der Waals surface area contributed by atoms with Gasteiger partial charge in [-0.1, -0.05) is 19.1 Å². The predicted octanol–water partition coefficient (Wildman–Crippen LogP) is 3.83. The summed E-state index contributed by atoms with van der Waals surface area (Å²) in [6, 6.07) is 0. The van der Waals surface area contributed by atoms with Crippen LogP contribution in [0.3, 0.4) is 0 Å². The second-order valence-electron chi connectivity index (χ2n) is 5.60. The van der Waals surface area contributed by atoms with E-state index >= 15 is 0 Å². The average molecular weight is 280 g/mol. The molecule has 2 nitrogen and oxygen atoms in total. The Hall–Kier alpha value is -0.700. The number of esters is 1. The minimum absolute atomic E-state index is 0.191. The van der Waals surface area contributed by atoms with Gasteiger partial charge in [0.05, 0.1) is 12.7 Å². The maximum absolute atomic E-state index is 11.9. The zero-order chi connectivity index (χ0) is 14.0. The first kappa shape index (κ1) is 14.7. The smallest absolute Gasteiger partial charge is 0.337 e. The molecule has 0 N–H and O–H groups in total. The summed E-state index contributed by atoms with van der Waals surface area (Å²) in [5, 5.41) is 0.592. The summed E-state index contributed by atoms with van der Waals surface area (Å²) < 4.78 is 4.91. The molecule has 0 saturated heterocycles. The monoisotopic (exact) mass is 280 g/mol. The molecular formula is C16H24O2S. The summed E-state index contributed by atoms with van der Waals surface area (Å²) in [7, 11) is 1.46. The molecule has 106 valence electrons. The molecule has 0 spiro atoms. The molecule has 3 atom stereocenters. The minimum Gasteiger partial charge on any atom is -0.465 e. The Labute approximate surface area is 120 Å². The van der Waals surface area contributed by atoms with Crippen molar-refractivity contribution in [1.29, 1.82) is 0 Å². The van der Waals surface area contributed by atoms with Gasteiger partial charge in [0.15, 0.2) is 0 Å². The number of allylic oxidation sites excluding steroid dienone is 2. The van der Waals surface area contributed by atoms with Crippen molar-refractivity contribution in [2.75, 3.05) is 13.4 Å². The first-order valence-corrected chi connectivity index (χ1v) is 8.42.